The molecule has 0 saturated carbocycles. The lowest BCUT2D eigenvalue weighted by molar-refractivity contribution is -0.126. The van der Waals surface area contributed by atoms with Crippen molar-refractivity contribution >= 4 is 40.5 Å². The molecule has 1 aromatic rings. The summed E-state index contributed by atoms with van der Waals surface area (Å²) in [6.07, 6.45) is 1.33. The van der Waals surface area contributed by atoms with Crippen LogP contribution < -0.4 is 5.32 Å². The molecule has 6 nitrogen and oxygen atoms in total. The molecule has 2 atom stereocenters. The zero-order valence-corrected chi connectivity index (χ0v) is 15.5. The summed E-state index contributed by atoms with van der Waals surface area (Å²) in [4.78, 5) is 32.3. The fraction of sp³-hybridized carbons (Fsp3) is 0.353. The van der Waals surface area contributed by atoms with Crippen molar-refractivity contribution in [1.29, 1.82) is 0 Å². The first-order valence-electron chi connectivity index (χ1n) is 7.88. The predicted octanol–water partition coefficient (Wildman–Crippen LogP) is 2.61. The van der Waals surface area contributed by atoms with Gasteiger partial charge in [0.2, 0.25) is 0 Å². The first kappa shape index (κ1) is 17.8. The van der Waals surface area contributed by atoms with E-state index < -0.39 is 18.2 Å². The Balaban J connectivity index is 1.83. The summed E-state index contributed by atoms with van der Waals surface area (Å²) in [5.41, 5.74) is 1.17. The summed E-state index contributed by atoms with van der Waals surface area (Å²) in [6, 6.07) is 9.09. The average Bonchev–Trinajstić information content (AvgIpc) is 2.96. The van der Waals surface area contributed by atoms with E-state index in [2.05, 4.69) is 10.3 Å². The number of nitrogens with one attached hydrogen (secondary N) is 1. The smallest absolute Gasteiger partial charge is 0.325 e. The van der Waals surface area contributed by atoms with Gasteiger partial charge in [0.05, 0.1) is 0 Å². The van der Waals surface area contributed by atoms with Gasteiger partial charge in [-0.25, -0.2) is 9.79 Å². The number of carbonyl (C=O) groups excluding carboxylic acids is 2. The highest BCUT2D eigenvalue weighted by atomic mass is 35.5. The molecule has 25 heavy (non-hydrogen) atoms. The molecular formula is C17H19ClN4O2S. The molecular weight excluding hydrogens is 360 g/mol. The third-order valence-corrected chi connectivity index (χ3v) is 5.33. The van der Waals surface area contributed by atoms with Gasteiger partial charge < -0.3 is 9.80 Å². The van der Waals surface area contributed by atoms with Crippen LogP contribution in [0, 0.1) is 0 Å². The zero-order chi connectivity index (χ0) is 18.0. The molecule has 132 valence electrons. The fourth-order valence-corrected chi connectivity index (χ4v) is 3.85. The second-order valence-electron chi connectivity index (χ2n) is 5.89. The number of likely N-dealkylation sites (N-methyl/N-ethyl adjacent to an activating group) is 1. The minimum absolute atomic E-state index is 0.326. The van der Waals surface area contributed by atoms with Crippen molar-refractivity contribution < 1.29 is 9.59 Å². The topological polar surface area (TPSA) is 65.0 Å². The minimum atomic E-state index is -0.534. The number of rotatable bonds is 4. The maximum atomic E-state index is 12.4. The molecule has 8 heteroatoms. The van der Waals surface area contributed by atoms with Gasteiger partial charge in [-0.1, -0.05) is 59.8 Å². The molecule has 0 bridgehead atoms. The van der Waals surface area contributed by atoms with Crippen LogP contribution in [-0.2, 0) is 10.5 Å². The summed E-state index contributed by atoms with van der Waals surface area (Å²) in [5, 5.41) is 3.77. The van der Waals surface area contributed by atoms with Gasteiger partial charge in [0.1, 0.15) is 0 Å². The van der Waals surface area contributed by atoms with Gasteiger partial charge in [-0.15, -0.1) is 0 Å². The van der Waals surface area contributed by atoms with Crippen LogP contribution in [0.2, 0.25) is 0 Å². The van der Waals surface area contributed by atoms with Crippen LogP contribution in [0.15, 0.2) is 46.4 Å². The molecule has 1 fully saturated rings. The Morgan fingerprint density at radius 1 is 1.36 bits per heavy atom. The Hall–Kier alpha value is -1.99. The van der Waals surface area contributed by atoms with Gasteiger partial charge in [0, 0.05) is 24.4 Å². The van der Waals surface area contributed by atoms with Crippen molar-refractivity contribution in [3.63, 3.8) is 0 Å². The van der Waals surface area contributed by atoms with Crippen LogP contribution in [0.3, 0.4) is 0 Å². The molecule has 0 aromatic heterocycles. The highest BCUT2D eigenvalue weighted by Gasteiger charge is 2.48. The number of nitrogens with zero attached hydrogens (tertiary/aromatic N) is 3. The van der Waals surface area contributed by atoms with E-state index in [1.807, 2.05) is 41.3 Å². The monoisotopic (exact) mass is 378 g/mol. The number of fused-ring (bicyclic) bond motifs is 1. The Bertz CT molecular complexity index is 733. The molecule has 0 radical (unpaired) electrons. The number of aliphatic imine (C=N–C) groups is 1. The van der Waals surface area contributed by atoms with E-state index >= 15 is 0 Å². The summed E-state index contributed by atoms with van der Waals surface area (Å²) < 4.78 is 0. The second-order valence-corrected chi connectivity index (χ2v) is 7.43. The van der Waals surface area contributed by atoms with Gasteiger partial charge >= 0.3 is 6.03 Å². The number of halogens is 1. The standard InChI is InChI=1S/C17H19ClN4O2S/c1-11(18)8-9-22-13-14(21(2)16(24)20-15(13)23)19-17(22)25-10-12-6-4-3-5-7-12/h3-8,13-14H,9-10H2,1-2H3,(H,20,23,24)/b11-8-. The molecule has 0 aliphatic carbocycles. The van der Waals surface area contributed by atoms with Crippen molar-refractivity contribution in [1.82, 2.24) is 15.1 Å². The maximum absolute atomic E-state index is 12.4. The lowest BCUT2D eigenvalue weighted by Gasteiger charge is -2.35. The predicted molar refractivity (Wildman–Crippen MR) is 100 cm³/mol. The third-order valence-electron chi connectivity index (χ3n) is 4.10. The number of hydrogen-bond donors (Lipinski definition) is 1. The minimum Gasteiger partial charge on any atom is -0.332 e. The van der Waals surface area contributed by atoms with Gasteiger partial charge in [0.15, 0.2) is 17.4 Å². The van der Waals surface area contributed by atoms with Crippen LogP contribution >= 0.6 is 23.4 Å². The van der Waals surface area contributed by atoms with Crippen LogP contribution in [0.5, 0.6) is 0 Å². The van der Waals surface area contributed by atoms with E-state index in [1.165, 1.54) is 10.5 Å². The maximum Gasteiger partial charge on any atom is 0.325 e. The Morgan fingerprint density at radius 2 is 2.08 bits per heavy atom. The molecule has 3 amide bonds. The van der Waals surface area contributed by atoms with Gasteiger partial charge in [-0.2, -0.15) is 0 Å². The highest BCUT2D eigenvalue weighted by Crippen LogP contribution is 2.30. The summed E-state index contributed by atoms with van der Waals surface area (Å²) in [7, 11) is 1.65. The van der Waals surface area contributed by atoms with E-state index in [0.29, 0.717) is 11.6 Å². The molecule has 2 unspecified atom stereocenters. The van der Waals surface area contributed by atoms with Gasteiger partial charge in [0.25, 0.3) is 5.91 Å². The van der Waals surface area contributed by atoms with Gasteiger partial charge in [-0.3, -0.25) is 10.1 Å². The Morgan fingerprint density at radius 3 is 2.76 bits per heavy atom. The van der Waals surface area contributed by atoms with Crippen LogP contribution in [-0.4, -0.2) is 52.7 Å². The van der Waals surface area contributed by atoms with Crippen LogP contribution in [0.25, 0.3) is 0 Å². The van der Waals surface area contributed by atoms with Crippen molar-refractivity contribution in [2.75, 3.05) is 13.6 Å². The molecule has 1 aromatic carbocycles. The quantitative estimate of drug-likeness (QED) is 0.874. The Labute approximate surface area is 155 Å². The van der Waals surface area contributed by atoms with E-state index in [4.69, 9.17) is 11.6 Å². The normalized spacial score (nSPS) is 23.5. The SMILES string of the molecule is C/C(Cl)=C/CN1C(SCc2ccccc2)=NC2C1C(=O)NC(=O)N2C. The summed E-state index contributed by atoms with van der Waals surface area (Å²) >= 11 is 7.52. The molecule has 1 saturated heterocycles. The highest BCUT2D eigenvalue weighted by molar-refractivity contribution is 8.13. The first-order chi connectivity index (χ1) is 12.0. The summed E-state index contributed by atoms with van der Waals surface area (Å²) in [6.45, 7) is 2.26. The number of benzene rings is 1. The largest absolute Gasteiger partial charge is 0.332 e. The number of urea groups is 1. The molecule has 2 heterocycles. The lowest BCUT2D eigenvalue weighted by atomic mass is 10.1. The number of amidine groups is 1. The fourth-order valence-electron chi connectivity index (χ4n) is 2.76. The van der Waals surface area contributed by atoms with E-state index in [1.54, 1.807) is 25.7 Å². The zero-order valence-electron chi connectivity index (χ0n) is 14.0. The van der Waals surface area contributed by atoms with Crippen molar-refractivity contribution in [2.45, 2.75) is 24.9 Å². The van der Waals surface area contributed by atoms with Crippen molar-refractivity contribution in [3.05, 3.63) is 47.0 Å². The van der Waals surface area contributed by atoms with E-state index in [0.717, 1.165) is 10.9 Å². The van der Waals surface area contributed by atoms with Crippen molar-refractivity contribution in [2.24, 2.45) is 4.99 Å². The van der Waals surface area contributed by atoms with Gasteiger partial charge in [-0.05, 0) is 12.5 Å². The number of allylic oxidation sites excluding steroid dienone is 1. The molecule has 3 rings (SSSR count). The first-order valence-corrected chi connectivity index (χ1v) is 9.25. The molecule has 0 spiro atoms. The number of amides is 3. The van der Waals surface area contributed by atoms with Crippen LogP contribution in [0.1, 0.15) is 12.5 Å². The number of imide groups is 1. The average molecular weight is 379 g/mol. The summed E-state index contributed by atoms with van der Waals surface area (Å²) in [5.74, 6) is 0.408. The van der Waals surface area contributed by atoms with E-state index in [-0.39, 0.29) is 5.91 Å². The lowest BCUT2D eigenvalue weighted by Crippen LogP contribution is -2.63. The van der Waals surface area contributed by atoms with Crippen molar-refractivity contribution in [3.8, 4) is 0 Å². The second kappa shape index (κ2) is 7.49. The van der Waals surface area contributed by atoms with Crippen LogP contribution in [0.4, 0.5) is 4.79 Å². The Kier molecular flexibility index (Phi) is 5.34. The molecule has 2 aliphatic rings. The van der Waals surface area contributed by atoms with E-state index in [9.17, 15) is 9.59 Å². The number of carbonyl (C=O) groups is 2. The molecule has 1 N–H and O–H groups in total. The number of hydrogen-bond acceptors (Lipinski definition) is 5. The third kappa shape index (κ3) is 3.82. The molecule has 2 aliphatic heterocycles. The number of thioether (sulfide) groups is 1.